The van der Waals surface area contributed by atoms with Crippen LogP contribution >= 0.6 is 43.2 Å². The molecule has 0 radical (unpaired) electrons. The monoisotopic (exact) mass is 434 g/mol. The Balaban J connectivity index is 1.79. The lowest BCUT2D eigenvalue weighted by Gasteiger charge is -2.19. The van der Waals surface area contributed by atoms with E-state index in [0.717, 1.165) is 21.5 Å². The van der Waals surface area contributed by atoms with Crippen LogP contribution in [0, 0.1) is 0 Å². The van der Waals surface area contributed by atoms with Gasteiger partial charge in [0.15, 0.2) is 5.78 Å². The van der Waals surface area contributed by atoms with Gasteiger partial charge in [-0.25, -0.2) is 4.79 Å². The van der Waals surface area contributed by atoms with Gasteiger partial charge in [-0.2, -0.15) is 0 Å². The van der Waals surface area contributed by atoms with Gasteiger partial charge in [0.05, 0.1) is 14.1 Å². The lowest BCUT2D eigenvalue weighted by atomic mass is 9.98. The molecule has 112 valence electrons. The van der Waals surface area contributed by atoms with E-state index in [-0.39, 0.29) is 18.2 Å². The molecule has 1 aliphatic heterocycles. The van der Waals surface area contributed by atoms with E-state index in [9.17, 15) is 14.4 Å². The highest BCUT2D eigenvalue weighted by atomic mass is 79.9. The first-order chi connectivity index (χ1) is 9.93. The maximum atomic E-state index is 12.5. The van der Waals surface area contributed by atoms with Gasteiger partial charge in [0, 0.05) is 5.56 Å². The van der Waals surface area contributed by atoms with E-state index >= 15 is 0 Å². The fourth-order valence-electron chi connectivity index (χ4n) is 2.90. The third-order valence-electron chi connectivity index (χ3n) is 3.96. The topological polar surface area (TPSA) is 66.5 Å². The Hall–Kier alpha value is -0.730. The van der Waals surface area contributed by atoms with Crippen LogP contribution < -0.4 is 5.32 Å². The zero-order valence-electron chi connectivity index (χ0n) is 10.9. The lowest BCUT2D eigenvalue weighted by Crippen LogP contribution is -2.44. The largest absolute Gasteiger partial charge is 0.325 e. The first-order valence-corrected chi connectivity index (χ1v) is 8.95. The van der Waals surface area contributed by atoms with Crippen molar-refractivity contribution in [1.29, 1.82) is 0 Å². The number of nitrogens with one attached hydrogen (secondary N) is 1. The number of thiophene rings is 1. The molecule has 1 spiro atoms. The van der Waals surface area contributed by atoms with Crippen molar-refractivity contribution in [3.8, 4) is 0 Å². The number of imide groups is 1. The Morgan fingerprint density at radius 2 is 2.00 bits per heavy atom. The highest BCUT2D eigenvalue weighted by molar-refractivity contribution is 9.12. The van der Waals surface area contributed by atoms with Crippen LogP contribution in [0.4, 0.5) is 4.79 Å². The van der Waals surface area contributed by atoms with Crippen molar-refractivity contribution in [3.05, 3.63) is 19.2 Å². The highest BCUT2D eigenvalue weighted by Crippen LogP contribution is 2.36. The summed E-state index contributed by atoms with van der Waals surface area (Å²) in [4.78, 5) is 37.9. The molecule has 2 fully saturated rings. The number of hydrogen-bond acceptors (Lipinski definition) is 4. The minimum atomic E-state index is -0.760. The van der Waals surface area contributed by atoms with Crippen LogP contribution in [0.2, 0.25) is 0 Å². The quantitative estimate of drug-likeness (QED) is 0.584. The Morgan fingerprint density at radius 1 is 1.33 bits per heavy atom. The SMILES string of the molecule is O=C(CN1C(=O)NC2(CCCC2)C1=O)c1cc(Br)sc1Br. The van der Waals surface area contributed by atoms with Crippen LogP contribution in [0.5, 0.6) is 0 Å². The number of hydrogen-bond donors (Lipinski definition) is 1. The fraction of sp³-hybridized carbons (Fsp3) is 0.462. The molecule has 5 nitrogen and oxygen atoms in total. The standard InChI is InChI=1S/C13H12Br2N2O3S/c14-9-5-7(10(15)21-9)8(18)6-17-11(19)13(16-12(17)20)3-1-2-4-13/h5H,1-4,6H2,(H,16,20). The zero-order valence-corrected chi connectivity index (χ0v) is 14.9. The molecule has 3 rings (SSSR count). The van der Waals surface area contributed by atoms with Crippen molar-refractivity contribution in [2.75, 3.05) is 6.54 Å². The first-order valence-electron chi connectivity index (χ1n) is 6.55. The Labute approximate surface area is 142 Å². The van der Waals surface area contributed by atoms with Gasteiger partial charge in [0.2, 0.25) is 0 Å². The third-order valence-corrected chi connectivity index (χ3v) is 6.30. The lowest BCUT2D eigenvalue weighted by molar-refractivity contribution is -0.130. The predicted molar refractivity (Wildman–Crippen MR) is 85.5 cm³/mol. The summed E-state index contributed by atoms with van der Waals surface area (Å²) < 4.78 is 1.52. The van der Waals surface area contributed by atoms with E-state index < -0.39 is 11.6 Å². The Bertz CT molecular complexity index is 637. The average molecular weight is 436 g/mol. The van der Waals surface area contributed by atoms with Crippen molar-refractivity contribution in [2.45, 2.75) is 31.2 Å². The molecule has 1 aliphatic carbocycles. The summed E-state index contributed by atoms with van der Waals surface area (Å²) in [5, 5.41) is 2.77. The second-order valence-corrected chi connectivity index (χ2v) is 9.02. The summed E-state index contributed by atoms with van der Waals surface area (Å²) in [7, 11) is 0. The van der Waals surface area contributed by atoms with E-state index in [1.807, 2.05) is 0 Å². The number of carbonyl (C=O) groups excluding carboxylic acids is 3. The number of urea groups is 1. The van der Waals surface area contributed by atoms with Gasteiger partial charge in [-0.05, 0) is 50.8 Å². The van der Waals surface area contributed by atoms with E-state index in [4.69, 9.17) is 0 Å². The van der Waals surface area contributed by atoms with E-state index in [0.29, 0.717) is 22.2 Å². The van der Waals surface area contributed by atoms with Crippen molar-refractivity contribution in [2.24, 2.45) is 0 Å². The number of ketones is 1. The zero-order chi connectivity index (χ0) is 15.2. The van der Waals surface area contributed by atoms with Gasteiger partial charge < -0.3 is 5.32 Å². The summed E-state index contributed by atoms with van der Waals surface area (Å²) in [6, 6.07) is 1.24. The number of amides is 3. The Morgan fingerprint density at radius 3 is 2.57 bits per heavy atom. The first kappa shape index (κ1) is 15.2. The van der Waals surface area contributed by atoms with Gasteiger partial charge in [0.1, 0.15) is 5.54 Å². The molecule has 8 heteroatoms. The molecule has 1 N–H and O–H groups in total. The molecule has 1 saturated carbocycles. The molecule has 2 aliphatic rings. The molecule has 2 heterocycles. The maximum absolute atomic E-state index is 12.5. The summed E-state index contributed by atoms with van der Waals surface area (Å²) in [5.74, 6) is -0.508. The van der Waals surface area contributed by atoms with E-state index in [1.165, 1.54) is 11.3 Å². The molecule has 1 aromatic rings. The molecule has 0 atom stereocenters. The van der Waals surface area contributed by atoms with Crippen LogP contribution in [0.1, 0.15) is 36.0 Å². The van der Waals surface area contributed by atoms with Gasteiger partial charge >= 0.3 is 6.03 Å². The number of nitrogens with zero attached hydrogens (tertiary/aromatic N) is 1. The molecule has 0 unspecified atom stereocenters. The second-order valence-electron chi connectivity index (χ2n) is 5.27. The van der Waals surface area contributed by atoms with E-state index in [1.54, 1.807) is 6.07 Å². The normalized spacial score (nSPS) is 20.4. The average Bonchev–Trinajstić information content (AvgIpc) is 3.07. The van der Waals surface area contributed by atoms with E-state index in [2.05, 4.69) is 37.2 Å². The van der Waals surface area contributed by atoms with Crippen molar-refractivity contribution < 1.29 is 14.4 Å². The van der Waals surface area contributed by atoms with Crippen LogP contribution in [-0.4, -0.2) is 34.7 Å². The van der Waals surface area contributed by atoms with Gasteiger partial charge in [0.25, 0.3) is 5.91 Å². The van der Waals surface area contributed by atoms with Crippen molar-refractivity contribution in [1.82, 2.24) is 10.2 Å². The smallest absolute Gasteiger partial charge is 0.323 e. The maximum Gasteiger partial charge on any atom is 0.325 e. The van der Waals surface area contributed by atoms with Gasteiger partial charge in [-0.1, -0.05) is 12.8 Å². The molecule has 0 bridgehead atoms. The molecule has 1 aromatic heterocycles. The summed E-state index contributed by atoms with van der Waals surface area (Å²) in [6.45, 7) is -0.214. The summed E-state index contributed by atoms with van der Waals surface area (Å²) in [5.41, 5.74) is -0.274. The minimum Gasteiger partial charge on any atom is -0.323 e. The van der Waals surface area contributed by atoms with Crippen LogP contribution in [0.15, 0.2) is 13.6 Å². The second kappa shape index (κ2) is 5.48. The molecule has 21 heavy (non-hydrogen) atoms. The molecule has 3 amide bonds. The number of Topliss-reactive ketones (excluding diaryl/α,β-unsaturated/α-hetero) is 1. The highest BCUT2D eigenvalue weighted by Gasteiger charge is 2.52. The molecular weight excluding hydrogens is 424 g/mol. The Kier molecular flexibility index (Phi) is 3.96. The number of carbonyl (C=O) groups is 3. The minimum absolute atomic E-state index is 0.214. The molecule has 0 aromatic carbocycles. The van der Waals surface area contributed by atoms with Crippen LogP contribution in [0.3, 0.4) is 0 Å². The third kappa shape index (κ3) is 2.57. The summed E-state index contributed by atoms with van der Waals surface area (Å²) in [6.07, 6.45) is 3.18. The predicted octanol–water partition coefficient (Wildman–Crippen LogP) is 3.32. The summed E-state index contributed by atoms with van der Waals surface area (Å²) >= 11 is 8.02. The van der Waals surface area contributed by atoms with Crippen LogP contribution in [-0.2, 0) is 4.79 Å². The van der Waals surface area contributed by atoms with Gasteiger partial charge in [-0.15, -0.1) is 11.3 Å². The van der Waals surface area contributed by atoms with Crippen molar-refractivity contribution in [3.63, 3.8) is 0 Å². The molecular formula is C13H12Br2N2O3S. The number of halogens is 2. The van der Waals surface area contributed by atoms with Gasteiger partial charge in [-0.3, -0.25) is 14.5 Å². The number of rotatable bonds is 3. The molecule has 1 saturated heterocycles. The van der Waals surface area contributed by atoms with Crippen LogP contribution in [0.25, 0.3) is 0 Å². The fourth-order valence-corrected chi connectivity index (χ4v) is 5.75. The van der Waals surface area contributed by atoms with Crippen molar-refractivity contribution >= 4 is 60.9 Å².